The lowest BCUT2D eigenvalue weighted by Gasteiger charge is -2.07. The topological polar surface area (TPSA) is 54.6 Å². The largest absolute Gasteiger partial charge is 0.497 e. The van der Waals surface area contributed by atoms with Crippen LogP contribution in [0.15, 0.2) is 28.7 Å². The summed E-state index contributed by atoms with van der Waals surface area (Å²) in [5.74, 6) is 1.68. The summed E-state index contributed by atoms with van der Waals surface area (Å²) in [7, 11) is 1.65. The van der Waals surface area contributed by atoms with Gasteiger partial charge in [-0.2, -0.15) is 0 Å². The molecule has 0 saturated carbocycles. The number of furan rings is 1. The number of hydrogen-bond donors (Lipinski definition) is 2. The van der Waals surface area contributed by atoms with Crippen LogP contribution < -0.4 is 10.1 Å². The van der Waals surface area contributed by atoms with Crippen molar-refractivity contribution in [1.82, 2.24) is 5.32 Å². The van der Waals surface area contributed by atoms with Gasteiger partial charge in [0.1, 0.15) is 17.1 Å². The quantitative estimate of drug-likeness (QED) is 0.831. The zero-order valence-corrected chi connectivity index (χ0v) is 10.1. The van der Waals surface area contributed by atoms with E-state index >= 15 is 0 Å². The van der Waals surface area contributed by atoms with Crippen molar-refractivity contribution in [3.05, 3.63) is 30.0 Å². The highest BCUT2D eigenvalue weighted by atomic mass is 16.5. The van der Waals surface area contributed by atoms with E-state index in [4.69, 9.17) is 14.3 Å². The second-order valence-corrected chi connectivity index (χ2v) is 4.08. The van der Waals surface area contributed by atoms with Gasteiger partial charge in [0.25, 0.3) is 0 Å². The van der Waals surface area contributed by atoms with Gasteiger partial charge >= 0.3 is 0 Å². The third-order valence-corrected chi connectivity index (χ3v) is 2.67. The summed E-state index contributed by atoms with van der Waals surface area (Å²) in [6, 6.07) is 7.76. The predicted octanol–water partition coefficient (Wildman–Crippen LogP) is 1.91. The summed E-state index contributed by atoms with van der Waals surface area (Å²) in [6.45, 7) is 2.65. The molecule has 17 heavy (non-hydrogen) atoms. The minimum atomic E-state index is 0.0674. The first-order valence-corrected chi connectivity index (χ1v) is 5.63. The third-order valence-electron chi connectivity index (χ3n) is 2.67. The Balaban J connectivity index is 2.14. The van der Waals surface area contributed by atoms with Gasteiger partial charge in [-0.15, -0.1) is 0 Å². The molecule has 1 aromatic heterocycles. The molecule has 0 aliphatic carbocycles. The Bertz CT molecular complexity index is 492. The van der Waals surface area contributed by atoms with Gasteiger partial charge in [0.15, 0.2) is 0 Å². The molecule has 4 heteroatoms. The van der Waals surface area contributed by atoms with Gasteiger partial charge in [0.05, 0.1) is 20.3 Å². The van der Waals surface area contributed by atoms with Crippen molar-refractivity contribution in [1.29, 1.82) is 0 Å². The highest BCUT2D eigenvalue weighted by Gasteiger charge is 2.06. The minimum Gasteiger partial charge on any atom is -0.497 e. The zero-order valence-electron chi connectivity index (χ0n) is 10.1. The summed E-state index contributed by atoms with van der Waals surface area (Å²) >= 11 is 0. The Hall–Kier alpha value is -1.52. The lowest BCUT2D eigenvalue weighted by atomic mass is 10.2. The van der Waals surface area contributed by atoms with Crippen LogP contribution in [0, 0.1) is 0 Å². The van der Waals surface area contributed by atoms with Crippen molar-refractivity contribution in [3.8, 4) is 5.75 Å². The molecule has 2 rings (SSSR count). The van der Waals surface area contributed by atoms with Gasteiger partial charge in [-0.1, -0.05) is 0 Å². The maximum absolute atomic E-state index is 8.91. The van der Waals surface area contributed by atoms with Crippen molar-refractivity contribution in [3.63, 3.8) is 0 Å². The first kappa shape index (κ1) is 12.0. The number of aliphatic hydroxyl groups is 1. The van der Waals surface area contributed by atoms with E-state index < -0.39 is 0 Å². The van der Waals surface area contributed by atoms with Crippen LogP contribution in [0.25, 0.3) is 11.0 Å². The van der Waals surface area contributed by atoms with Gasteiger partial charge in [-0.05, 0) is 31.2 Å². The summed E-state index contributed by atoms with van der Waals surface area (Å²) in [4.78, 5) is 0. The van der Waals surface area contributed by atoms with E-state index in [2.05, 4.69) is 5.32 Å². The number of aliphatic hydroxyl groups excluding tert-OH is 1. The summed E-state index contributed by atoms with van der Waals surface area (Å²) < 4.78 is 10.8. The van der Waals surface area contributed by atoms with E-state index in [9.17, 15) is 0 Å². The first-order chi connectivity index (χ1) is 8.22. The fourth-order valence-electron chi connectivity index (χ4n) is 1.63. The van der Waals surface area contributed by atoms with E-state index in [1.165, 1.54) is 0 Å². The van der Waals surface area contributed by atoms with Gasteiger partial charge < -0.3 is 19.6 Å². The van der Waals surface area contributed by atoms with Crippen molar-refractivity contribution in [2.45, 2.75) is 19.5 Å². The minimum absolute atomic E-state index is 0.0674. The van der Waals surface area contributed by atoms with E-state index in [1.54, 1.807) is 7.11 Å². The average Bonchev–Trinajstić information content (AvgIpc) is 2.77. The second-order valence-electron chi connectivity index (χ2n) is 4.08. The van der Waals surface area contributed by atoms with Crippen molar-refractivity contribution in [2.75, 3.05) is 13.7 Å². The highest BCUT2D eigenvalue weighted by Crippen LogP contribution is 2.24. The van der Waals surface area contributed by atoms with Crippen molar-refractivity contribution >= 4 is 11.0 Å². The monoisotopic (exact) mass is 235 g/mol. The summed E-state index contributed by atoms with van der Waals surface area (Å²) in [6.07, 6.45) is 0. The van der Waals surface area contributed by atoms with Crippen LogP contribution in [0.3, 0.4) is 0 Å². The maximum Gasteiger partial charge on any atom is 0.134 e. The van der Waals surface area contributed by atoms with Crippen LogP contribution in [0.1, 0.15) is 12.7 Å². The number of nitrogens with one attached hydrogen (secondary N) is 1. The molecule has 0 amide bonds. The molecule has 0 aliphatic heterocycles. The molecule has 1 heterocycles. The van der Waals surface area contributed by atoms with Crippen molar-refractivity contribution < 1.29 is 14.3 Å². The molecule has 2 N–H and O–H groups in total. The number of benzene rings is 1. The van der Waals surface area contributed by atoms with Crippen LogP contribution in [0.4, 0.5) is 0 Å². The number of rotatable bonds is 5. The van der Waals surface area contributed by atoms with Crippen molar-refractivity contribution in [2.24, 2.45) is 0 Å². The van der Waals surface area contributed by atoms with E-state index in [0.29, 0.717) is 6.54 Å². The average molecular weight is 235 g/mol. The van der Waals surface area contributed by atoms with Crippen LogP contribution in [0.2, 0.25) is 0 Å². The molecule has 1 atom stereocenters. The lowest BCUT2D eigenvalue weighted by molar-refractivity contribution is 0.248. The first-order valence-electron chi connectivity index (χ1n) is 5.63. The molecular weight excluding hydrogens is 218 g/mol. The van der Waals surface area contributed by atoms with Crippen LogP contribution >= 0.6 is 0 Å². The number of ether oxygens (including phenoxy) is 1. The van der Waals surface area contributed by atoms with Crippen LogP contribution in [-0.2, 0) is 6.54 Å². The van der Waals surface area contributed by atoms with Gasteiger partial charge in [0.2, 0.25) is 0 Å². The molecule has 0 saturated heterocycles. The molecular formula is C13H17NO3. The van der Waals surface area contributed by atoms with Gasteiger partial charge in [0, 0.05) is 11.4 Å². The normalized spacial score (nSPS) is 12.9. The lowest BCUT2D eigenvalue weighted by Crippen LogP contribution is -2.28. The zero-order chi connectivity index (χ0) is 12.3. The highest BCUT2D eigenvalue weighted by molar-refractivity contribution is 5.79. The van der Waals surface area contributed by atoms with Gasteiger partial charge in [-0.25, -0.2) is 0 Å². The predicted molar refractivity (Wildman–Crippen MR) is 66.2 cm³/mol. The Kier molecular flexibility index (Phi) is 3.66. The van der Waals surface area contributed by atoms with Crippen LogP contribution in [0.5, 0.6) is 5.75 Å². The molecule has 0 unspecified atom stereocenters. The summed E-state index contributed by atoms with van der Waals surface area (Å²) in [5, 5.41) is 13.1. The third kappa shape index (κ3) is 2.78. The Labute approximate surface area is 100 Å². The molecule has 0 fully saturated rings. The molecule has 0 spiro atoms. The smallest absolute Gasteiger partial charge is 0.134 e. The number of fused-ring (bicyclic) bond motifs is 1. The Morgan fingerprint density at radius 1 is 1.41 bits per heavy atom. The number of methoxy groups -OCH3 is 1. The fraction of sp³-hybridized carbons (Fsp3) is 0.385. The molecule has 4 nitrogen and oxygen atoms in total. The standard InChI is InChI=1S/C13H17NO3/c1-9(8-15)14-7-12-6-10-5-11(16-2)3-4-13(10)17-12/h3-6,9,14-15H,7-8H2,1-2H3/t9-/m1/s1. The SMILES string of the molecule is COc1ccc2oc(CN[C@H](C)CO)cc2c1. The molecule has 0 bridgehead atoms. The maximum atomic E-state index is 8.91. The molecule has 0 radical (unpaired) electrons. The number of hydrogen-bond acceptors (Lipinski definition) is 4. The second kappa shape index (κ2) is 5.21. The van der Waals surface area contributed by atoms with E-state index in [-0.39, 0.29) is 12.6 Å². The van der Waals surface area contributed by atoms with E-state index in [1.807, 2.05) is 31.2 Å². The van der Waals surface area contributed by atoms with E-state index in [0.717, 1.165) is 22.5 Å². The van der Waals surface area contributed by atoms with Crippen LogP contribution in [-0.4, -0.2) is 24.9 Å². The van der Waals surface area contributed by atoms with Gasteiger partial charge in [-0.3, -0.25) is 0 Å². The molecule has 92 valence electrons. The Morgan fingerprint density at radius 3 is 2.94 bits per heavy atom. The summed E-state index contributed by atoms with van der Waals surface area (Å²) in [5.41, 5.74) is 0.847. The molecule has 1 aromatic carbocycles. The fourth-order valence-corrected chi connectivity index (χ4v) is 1.63. The molecule has 2 aromatic rings. The Morgan fingerprint density at radius 2 is 2.24 bits per heavy atom. The molecule has 0 aliphatic rings.